The molecule has 4 rings (SSSR count). The molecule has 2 atom stereocenters. The molecule has 0 spiro atoms. The number of carbonyl (C=O) groups is 4. The van der Waals surface area contributed by atoms with Crippen molar-refractivity contribution in [2.45, 2.75) is 104 Å². The van der Waals surface area contributed by atoms with Crippen LogP contribution < -0.4 is 10.1 Å². The minimum Gasteiger partial charge on any atom is -0.491 e. The largest absolute Gasteiger partial charge is 0.491 e. The van der Waals surface area contributed by atoms with Gasteiger partial charge in [0.1, 0.15) is 30.2 Å². The summed E-state index contributed by atoms with van der Waals surface area (Å²) in [6.45, 7) is 12.5. The lowest BCUT2D eigenvalue weighted by molar-refractivity contribution is -0.155. The number of alkyl halides is 1. The van der Waals surface area contributed by atoms with Crippen molar-refractivity contribution in [3.05, 3.63) is 59.4 Å². The van der Waals surface area contributed by atoms with Crippen LogP contribution in [0.25, 0.3) is 12.2 Å². The zero-order chi connectivity index (χ0) is 38.6. The lowest BCUT2D eigenvalue weighted by Crippen LogP contribution is -2.46. The third-order valence-corrected chi connectivity index (χ3v) is 9.17. The third-order valence-electron chi connectivity index (χ3n) is 9.17. The van der Waals surface area contributed by atoms with Crippen LogP contribution in [0.2, 0.25) is 0 Å². The molecule has 2 saturated heterocycles. The van der Waals surface area contributed by atoms with Gasteiger partial charge >= 0.3 is 12.1 Å². The molecule has 0 saturated carbocycles. The molecule has 0 bridgehead atoms. The van der Waals surface area contributed by atoms with Crippen molar-refractivity contribution in [3.63, 3.8) is 0 Å². The molecule has 1 aromatic heterocycles. The normalized spacial score (nSPS) is 17.7. The summed E-state index contributed by atoms with van der Waals surface area (Å²) in [5, 5.41) is 3.11. The van der Waals surface area contributed by atoms with E-state index in [-0.39, 0.29) is 30.9 Å². The highest BCUT2D eigenvalue weighted by Crippen LogP contribution is 2.28. The van der Waals surface area contributed by atoms with Crippen LogP contribution in [-0.4, -0.2) is 89.3 Å². The number of esters is 1. The van der Waals surface area contributed by atoms with E-state index in [9.17, 15) is 23.6 Å². The highest BCUT2D eigenvalue weighted by atomic mass is 19.1. The fourth-order valence-corrected chi connectivity index (χ4v) is 6.62. The number of aromatic nitrogens is 1. The van der Waals surface area contributed by atoms with Gasteiger partial charge in [-0.15, -0.1) is 0 Å². The molecule has 3 amide bonds. The number of hydrogen-bond donors (Lipinski definition) is 1. The zero-order valence-electron chi connectivity index (χ0n) is 32.2. The van der Waals surface area contributed by atoms with Crippen LogP contribution in [-0.2, 0) is 23.9 Å². The number of piperidine rings is 2. The maximum Gasteiger partial charge on any atom is 0.410 e. The minimum atomic E-state index is -0.734. The molecule has 0 radical (unpaired) electrons. The van der Waals surface area contributed by atoms with Crippen molar-refractivity contribution in [3.8, 4) is 5.75 Å². The van der Waals surface area contributed by atoms with E-state index in [1.54, 1.807) is 61.0 Å². The monoisotopic (exact) mass is 736 g/mol. The van der Waals surface area contributed by atoms with Gasteiger partial charge in [0.15, 0.2) is 0 Å². The van der Waals surface area contributed by atoms with E-state index in [4.69, 9.17) is 14.2 Å². The number of carbonyl (C=O) groups excluding carboxylic acids is 4. The molecule has 2 aliphatic heterocycles. The van der Waals surface area contributed by atoms with Crippen molar-refractivity contribution in [1.29, 1.82) is 0 Å². The van der Waals surface area contributed by atoms with E-state index in [0.717, 1.165) is 24.8 Å². The topological polar surface area (TPSA) is 127 Å². The smallest absolute Gasteiger partial charge is 0.410 e. The highest BCUT2D eigenvalue weighted by Gasteiger charge is 2.33. The predicted molar refractivity (Wildman–Crippen MR) is 201 cm³/mol. The second-order valence-electron chi connectivity index (χ2n) is 15.9. The molecule has 2 aliphatic rings. The summed E-state index contributed by atoms with van der Waals surface area (Å²) in [7, 11) is 0. The van der Waals surface area contributed by atoms with Crippen molar-refractivity contribution >= 4 is 36.0 Å². The first kappa shape index (κ1) is 41.3. The van der Waals surface area contributed by atoms with Crippen LogP contribution in [0, 0.1) is 11.8 Å². The maximum absolute atomic E-state index is 13.9. The summed E-state index contributed by atoms with van der Waals surface area (Å²) < 4.78 is 29.2. The number of likely N-dealkylation sites (tertiary alicyclic amines) is 2. The standard InChI is InChI=1S/C41H57FN4O7/c1-40(2,3)52-37(48)27-35(33-13-8-21-43-34(33)16-14-30-10-7-12-32(26-30)51-25-20-42)44-38(49)31-11-9-22-46(28-31)36(47)17-15-29-18-23-45(24-19-29)39(50)53-41(4,5)6/h7-8,10,12-14,16,21,26,29,31,35H,9,11,15,17-20,22-25,27-28H2,1-6H3,(H,44,49)/b16-14-/t31-,35+/m1/s1. The summed E-state index contributed by atoms with van der Waals surface area (Å²) in [4.78, 5) is 60.9. The number of ether oxygens (including phenoxy) is 3. The number of amides is 3. The number of nitrogens with one attached hydrogen (secondary N) is 1. The van der Waals surface area contributed by atoms with Crippen molar-refractivity contribution in [1.82, 2.24) is 20.1 Å². The Bertz CT molecular complexity index is 1580. The van der Waals surface area contributed by atoms with Gasteiger partial charge in [0, 0.05) is 44.4 Å². The summed E-state index contributed by atoms with van der Waals surface area (Å²) in [5.41, 5.74) is 0.773. The van der Waals surface area contributed by atoms with Crippen molar-refractivity contribution in [2.75, 3.05) is 39.5 Å². The second kappa shape index (κ2) is 19.0. The van der Waals surface area contributed by atoms with Crippen LogP contribution in [0.4, 0.5) is 9.18 Å². The van der Waals surface area contributed by atoms with Crippen molar-refractivity contribution < 1.29 is 37.8 Å². The average molecular weight is 737 g/mol. The number of nitrogens with zero attached hydrogens (tertiary/aromatic N) is 3. The molecule has 0 aliphatic carbocycles. The molecule has 2 fully saturated rings. The quantitative estimate of drug-likeness (QED) is 0.215. The molecule has 12 heteroatoms. The Morgan fingerprint density at radius 3 is 2.38 bits per heavy atom. The van der Waals surface area contributed by atoms with Crippen LogP contribution >= 0.6 is 0 Å². The maximum atomic E-state index is 13.9. The summed E-state index contributed by atoms with van der Waals surface area (Å²) >= 11 is 0. The first-order valence-corrected chi connectivity index (χ1v) is 18.8. The van der Waals surface area contributed by atoms with Gasteiger partial charge in [0.05, 0.1) is 24.1 Å². The third kappa shape index (κ3) is 13.8. The van der Waals surface area contributed by atoms with E-state index in [2.05, 4.69) is 10.3 Å². The van der Waals surface area contributed by atoms with E-state index < -0.39 is 35.8 Å². The fraction of sp³-hybridized carbons (Fsp3) is 0.585. The number of halogens is 1. The van der Waals surface area contributed by atoms with Crippen molar-refractivity contribution in [2.24, 2.45) is 11.8 Å². The number of benzene rings is 1. The van der Waals surface area contributed by atoms with Gasteiger partial charge in [-0.2, -0.15) is 0 Å². The average Bonchev–Trinajstić information content (AvgIpc) is 3.11. The van der Waals surface area contributed by atoms with E-state index in [1.807, 2.05) is 45.0 Å². The Hall–Kier alpha value is -4.48. The van der Waals surface area contributed by atoms with E-state index in [0.29, 0.717) is 68.4 Å². The molecule has 3 heterocycles. The highest BCUT2D eigenvalue weighted by molar-refractivity contribution is 5.83. The number of pyridine rings is 1. The molecule has 2 aromatic rings. The number of rotatable bonds is 13. The van der Waals surface area contributed by atoms with Gasteiger partial charge in [0.25, 0.3) is 0 Å². The van der Waals surface area contributed by atoms with E-state index >= 15 is 0 Å². The Morgan fingerprint density at radius 1 is 0.943 bits per heavy atom. The van der Waals surface area contributed by atoms with Gasteiger partial charge in [-0.05, 0) is 109 Å². The fourth-order valence-electron chi connectivity index (χ4n) is 6.62. The Balaban J connectivity index is 1.40. The molecule has 1 aromatic carbocycles. The van der Waals surface area contributed by atoms with Crippen LogP contribution in [0.1, 0.15) is 109 Å². The predicted octanol–water partition coefficient (Wildman–Crippen LogP) is 7.16. The molecule has 0 unspecified atom stereocenters. The van der Waals surface area contributed by atoms with Gasteiger partial charge in [-0.25, -0.2) is 9.18 Å². The lowest BCUT2D eigenvalue weighted by atomic mass is 9.91. The molecule has 11 nitrogen and oxygen atoms in total. The molecule has 1 N–H and O–H groups in total. The molecular weight excluding hydrogens is 679 g/mol. The molecule has 290 valence electrons. The van der Waals surface area contributed by atoms with Gasteiger partial charge < -0.3 is 29.3 Å². The molecular formula is C41H57FN4O7. The number of hydrogen-bond acceptors (Lipinski definition) is 8. The van der Waals surface area contributed by atoms with Crippen LogP contribution in [0.15, 0.2) is 42.6 Å². The summed E-state index contributed by atoms with van der Waals surface area (Å²) in [6.07, 6.45) is 8.99. The SMILES string of the molecule is CC(C)(C)OC(=O)C[C@H](NC(=O)[C@@H]1CCCN(C(=O)CCC2CCN(C(=O)OC(C)(C)C)CC2)C1)c1cccnc1/C=C\c1cccc(OCCF)c1. The summed E-state index contributed by atoms with van der Waals surface area (Å²) in [6, 6.07) is 10.1. The minimum absolute atomic E-state index is 0.0289. The van der Waals surface area contributed by atoms with Crippen LogP contribution in [0.3, 0.4) is 0 Å². The van der Waals surface area contributed by atoms with E-state index in [1.165, 1.54) is 0 Å². The lowest BCUT2D eigenvalue weighted by Gasteiger charge is -2.35. The van der Waals surface area contributed by atoms with Crippen LogP contribution in [0.5, 0.6) is 5.75 Å². The zero-order valence-corrected chi connectivity index (χ0v) is 32.2. The van der Waals surface area contributed by atoms with Gasteiger partial charge in [-0.3, -0.25) is 19.4 Å². The van der Waals surface area contributed by atoms with Gasteiger partial charge in [-0.1, -0.05) is 24.3 Å². The first-order chi connectivity index (χ1) is 25.1. The molecule has 53 heavy (non-hydrogen) atoms. The Kier molecular flexibility index (Phi) is 14.8. The van der Waals surface area contributed by atoms with Gasteiger partial charge in [0.2, 0.25) is 11.8 Å². The Morgan fingerprint density at radius 2 is 1.68 bits per heavy atom. The second-order valence-corrected chi connectivity index (χ2v) is 15.9. The summed E-state index contributed by atoms with van der Waals surface area (Å²) in [5.74, 6) is -0.216. The first-order valence-electron chi connectivity index (χ1n) is 18.8. The Labute approximate surface area is 313 Å².